The SMILES string of the molecule is CN=C(NCCc1cccc2ccccc12)N1CCN(C(=O)C2CCCO2)CC1. The monoisotopic (exact) mass is 394 g/mol. The van der Waals surface area contributed by atoms with E-state index in [2.05, 4.69) is 57.7 Å². The van der Waals surface area contributed by atoms with Crippen molar-refractivity contribution in [3.8, 4) is 0 Å². The number of rotatable bonds is 4. The number of fused-ring (bicyclic) bond motifs is 1. The lowest BCUT2D eigenvalue weighted by molar-refractivity contribution is -0.142. The largest absolute Gasteiger partial charge is 0.368 e. The summed E-state index contributed by atoms with van der Waals surface area (Å²) in [5.41, 5.74) is 1.35. The third kappa shape index (κ3) is 4.53. The van der Waals surface area contributed by atoms with E-state index in [9.17, 15) is 4.79 Å². The van der Waals surface area contributed by atoms with Crippen molar-refractivity contribution in [1.29, 1.82) is 0 Å². The molecule has 2 saturated heterocycles. The first-order valence-corrected chi connectivity index (χ1v) is 10.6. The Balaban J connectivity index is 1.28. The molecule has 4 rings (SSSR count). The molecular weight excluding hydrogens is 364 g/mol. The van der Waals surface area contributed by atoms with Gasteiger partial charge in [0.1, 0.15) is 6.10 Å². The van der Waals surface area contributed by atoms with Crippen LogP contribution in [0, 0.1) is 0 Å². The molecule has 29 heavy (non-hydrogen) atoms. The smallest absolute Gasteiger partial charge is 0.251 e. The van der Waals surface area contributed by atoms with E-state index in [1.807, 2.05) is 11.9 Å². The van der Waals surface area contributed by atoms with Crippen molar-refractivity contribution >= 4 is 22.6 Å². The minimum atomic E-state index is -0.223. The minimum absolute atomic E-state index is 0.154. The van der Waals surface area contributed by atoms with Gasteiger partial charge in [-0.2, -0.15) is 0 Å². The zero-order chi connectivity index (χ0) is 20.1. The van der Waals surface area contributed by atoms with Crippen LogP contribution in [0.5, 0.6) is 0 Å². The van der Waals surface area contributed by atoms with Gasteiger partial charge in [0.15, 0.2) is 5.96 Å². The Kier molecular flexibility index (Phi) is 6.30. The van der Waals surface area contributed by atoms with Gasteiger partial charge in [-0.1, -0.05) is 42.5 Å². The number of hydrogen-bond donors (Lipinski definition) is 1. The van der Waals surface area contributed by atoms with Gasteiger partial charge >= 0.3 is 0 Å². The predicted octanol–water partition coefficient (Wildman–Crippen LogP) is 2.28. The number of carbonyl (C=O) groups excluding carboxylic acids is 1. The molecule has 154 valence electrons. The van der Waals surface area contributed by atoms with Gasteiger partial charge < -0.3 is 19.9 Å². The molecule has 2 aromatic carbocycles. The molecule has 2 aromatic rings. The van der Waals surface area contributed by atoms with E-state index in [0.717, 1.165) is 57.9 Å². The van der Waals surface area contributed by atoms with Gasteiger partial charge in [0.05, 0.1) is 0 Å². The summed E-state index contributed by atoms with van der Waals surface area (Å²) < 4.78 is 5.55. The summed E-state index contributed by atoms with van der Waals surface area (Å²) in [5, 5.41) is 6.09. The van der Waals surface area contributed by atoms with Crippen molar-refractivity contribution in [2.45, 2.75) is 25.4 Å². The van der Waals surface area contributed by atoms with Crippen molar-refractivity contribution in [3.05, 3.63) is 48.0 Å². The van der Waals surface area contributed by atoms with Gasteiger partial charge in [-0.15, -0.1) is 0 Å². The Bertz CT molecular complexity index is 863. The highest BCUT2D eigenvalue weighted by atomic mass is 16.5. The molecule has 6 nitrogen and oxygen atoms in total. The molecular formula is C23H30N4O2. The van der Waals surface area contributed by atoms with Crippen LogP contribution in [0.3, 0.4) is 0 Å². The second-order valence-electron chi connectivity index (χ2n) is 7.68. The second kappa shape index (κ2) is 9.27. The van der Waals surface area contributed by atoms with Crippen molar-refractivity contribution < 1.29 is 9.53 Å². The first-order chi connectivity index (χ1) is 14.3. The van der Waals surface area contributed by atoms with Crippen molar-refractivity contribution in [1.82, 2.24) is 15.1 Å². The highest BCUT2D eigenvalue weighted by Gasteiger charge is 2.30. The van der Waals surface area contributed by atoms with Gasteiger partial charge in [-0.3, -0.25) is 9.79 Å². The predicted molar refractivity (Wildman–Crippen MR) is 116 cm³/mol. The first-order valence-electron chi connectivity index (χ1n) is 10.6. The Morgan fingerprint density at radius 2 is 1.86 bits per heavy atom. The van der Waals surface area contributed by atoms with E-state index >= 15 is 0 Å². The topological polar surface area (TPSA) is 57.2 Å². The molecule has 2 heterocycles. The van der Waals surface area contributed by atoms with E-state index in [-0.39, 0.29) is 12.0 Å². The summed E-state index contributed by atoms with van der Waals surface area (Å²) in [5.74, 6) is 1.07. The summed E-state index contributed by atoms with van der Waals surface area (Å²) >= 11 is 0. The van der Waals surface area contributed by atoms with Crippen LogP contribution in [0.25, 0.3) is 10.8 Å². The van der Waals surface area contributed by atoms with Crippen LogP contribution in [0.1, 0.15) is 18.4 Å². The van der Waals surface area contributed by atoms with Crippen LogP contribution < -0.4 is 5.32 Å². The van der Waals surface area contributed by atoms with E-state index in [0.29, 0.717) is 6.61 Å². The van der Waals surface area contributed by atoms with Crippen LogP contribution in [-0.4, -0.2) is 74.1 Å². The van der Waals surface area contributed by atoms with Crippen molar-refractivity contribution in [2.75, 3.05) is 46.4 Å². The lowest BCUT2D eigenvalue weighted by atomic mass is 10.0. The molecule has 0 aromatic heterocycles. The number of amides is 1. The van der Waals surface area contributed by atoms with Crippen LogP contribution in [-0.2, 0) is 16.0 Å². The zero-order valence-corrected chi connectivity index (χ0v) is 17.1. The van der Waals surface area contributed by atoms with E-state index < -0.39 is 0 Å². The maximum atomic E-state index is 12.5. The highest BCUT2D eigenvalue weighted by Crippen LogP contribution is 2.19. The summed E-state index contributed by atoms with van der Waals surface area (Å²) in [6.45, 7) is 4.59. The quantitative estimate of drug-likeness (QED) is 0.639. The molecule has 2 aliphatic heterocycles. The number of guanidine groups is 1. The van der Waals surface area contributed by atoms with Crippen LogP contribution in [0.2, 0.25) is 0 Å². The average Bonchev–Trinajstić information content (AvgIpc) is 3.31. The van der Waals surface area contributed by atoms with Gasteiger partial charge in [0, 0.05) is 46.4 Å². The molecule has 0 saturated carbocycles. The fourth-order valence-electron chi connectivity index (χ4n) is 4.27. The Hall–Kier alpha value is -2.60. The van der Waals surface area contributed by atoms with Gasteiger partial charge in [0.25, 0.3) is 5.91 Å². The maximum Gasteiger partial charge on any atom is 0.251 e. The standard InChI is InChI=1S/C23H30N4O2/c1-24-23(25-12-11-19-8-4-7-18-6-2-3-9-20(18)19)27-15-13-26(14-16-27)22(28)21-10-5-17-29-21/h2-4,6-9,21H,5,10-17H2,1H3,(H,24,25). The number of nitrogens with one attached hydrogen (secondary N) is 1. The normalized spacial score (nSPS) is 20.3. The van der Waals surface area contributed by atoms with Gasteiger partial charge in [-0.25, -0.2) is 0 Å². The van der Waals surface area contributed by atoms with Crippen molar-refractivity contribution in [3.63, 3.8) is 0 Å². The fourth-order valence-corrected chi connectivity index (χ4v) is 4.27. The number of aliphatic imine (C=N–C) groups is 1. The Morgan fingerprint density at radius 1 is 1.10 bits per heavy atom. The maximum absolute atomic E-state index is 12.5. The molecule has 1 N–H and O–H groups in total. The van der Waals surface area contributed by atoms with E-state index in [1.54, 1.807) is 0 Å². The zero-order valence-electron chi connectivity index (χ0n) is 17.1. The Labute approximate surface area is 172 Å². The summed E-state index contributed by atoms with van der Waals surface area (Å²) in [6.07, 6.45) is 2.57. The van der Waals surface area contributed by atoms with E-state index in [1.165, 1.54) is 16.3 Å². The lowest BCUT2D eigenvalue weighted by Crippen LogP contribution is -2.55. The minimum Gasteiger partial charge on any atom is -0.368 e. The average molecular weight is 395 g/mol. The van der Waals surface area contributed by atoms with Crippen LogP contribution in [0.4, 0.5) is 0 Å². The fraction of sp³-hybridized carbons (Fsp3) is 0.478. The summed E-state index contributed by atoms with van der Waals surface area (Å²) in [7, 11) is 1.82. The van der Waals surface area contributed by atoms with Crippen LogP contribution >= 0.6 is 0 Å². The molecule has 0 radical (unpaired) electrons. The Morgan fingerprint density at radius 3 is 2.62 bits per heavy atom. The number of piperazine rings is 1. The molecule has 1 amide bonds. The molecule has 1 unspecified atom stereocenters. The molecule has 0 aliphatic carbocycles. The molecule has 1 atom stereocenters. The van der Waals surface area contributed by atoms with Gasteiger partial charge in [0.2, 0.25) is 0 Å². The molecule has 0 spiro atoms. The molecule has 2 aliphatic rings. The third-order valence-corrected chi connectivity index (χ3v) is 5.87. The van der Waals surface area contributed by atoms with Gasteiger partial charge in [-0.05, 0) is 35.6 Å². The summed E-state index contributed by atoms with van der Waals surface area (Å²) in [4.78, 5) is 21.2. The lowest BCUT2D eigenvalue weighted by Gasteiger charge is -2.37. The highest BCUT2D eigenvalue weighted by molar-refractivity contribution is 5.86. The number of ether oxygens (including phenoxy) is 1. The molecule has 2 fully saturated rings. The van der Waals surface area contributed by atoms with Crippen LogP contribution in [0.15, 0.2) is 47.5 Å². The van der Waals surface area contributed by atoms with E-state index in [4.69, 9.17) is 4.74 Å². The first kappa shape index (κ1) is 19.7. The summed E-state index contributed by atoms with van der Waals surface area (Å²) in [6, 6.07) is 15.0. The third-order valence-electron chi connectivity index (χ3n) is 5.87. The number of carbonyl (C=O) groups is 1. The number of nitrogens with zero attached hydrogens (tertiary/aromatic N) is 3. The molecule has 0 bridgehead atoms. The number of benzene rings is 2. The molecule has 6 heteroatoms. The van der Waals surface area contributed by atoms with Crippen molar-refractivity contribution in [2.24, 2.45) is 4.99 Å². The number of hydrogen-bond acceptors (Lipinski definition) is 3. The second-order valence-corrected chi connectivity index (χ2v) is 7.68.